The van der Waals surface area contributed by atoms with Crippen LogP contribution in [0.15, 0.2) is 18.2 Å². The van der Waals surface area contributed by atoms with Crippen LogP contribution in [-0.2, 0) is 12.0 Å². The first-order chi connectivity index (χ1) is 7.95. The Bertz CT molecular complexity index is 596. The molecule has 0 spiro atoms. The Balaban J connectivity index is 2.13. The molecule has 17 heavy (non-hydrogen) atoms. The van der Waals surface area contributed by atoms with Crippen molar-refractivity contribution in [1.29, 1.82) is 0 Å². The zero-order valence-corrected chi connectivity index (χ0v) is 10.6. The third-order valence-corrected chi connectivity index (χ3v) is 4.32. The van der Waals surface area contributed by atoms with E-state index >= 15 is 0 Å². The van der Waals surface area contributed by atoms with Gasteiger partial charge in [-0.3, -0.25) is 0 Å². The number of benzene rings is 1. The quantitative estimate of drug-likeness (QED) is 0.719. The van der Waals surface area contributed by atoms with E-state index < -0.39 is 5.54 Å². The highest BCUT2D eigenvalue weighted by molar-refractivity contribution is 7.12. The maximum absolute atomic E-state index is 13.1. The smallest absolute Gasteiger partial charge is 0.123 e. The van der Waals surface area contributed by atoms with Crippen molar-refractivity contribution in [3.63, 3.8) is 0 Å². The van der Waals surface area contributed by atoms with Crippen molar-refractivity contribution in [3.05, 3.63) is 39.5 Å². The largest absolute Gasteiger partial charge is 0.320 e. The second-order valence-electron chi connectivity index (χ2n) is 4.99. The summed E-state index contributed by atoms with van der Waals surface area (Å²) in [6, 6.07) is 4.89. The van der Waals surface area contributed by atoms with Gasteiger partial charge in [0.15, 0.2) is 0 Å². The molecule has 0 fully saturated rings. The van der Waals surface area contributed by atoms with Crippen LogP contribution in [0.3, 0.4) is 0 Å². The van der Waals surface area contributed by atoms with Gasteiger partial charge in [-0.15, -0.1) is 11.3 Å². The number of rotatable bonds is 1. The lowest BCUT2D eigenvalue weighted by atomic mass is 10.1. The van der Waals surface area contributed by atoms with Gasteiger partial charge in [0.05, 0.1) is 11.2 Å². The lowest BCUT2D eigenvalue weighted by molar-refractivity contribution is 0.551. The molecule has 0 amide bonds. The average molecular weight is 248 g/mol. The van der Waals surface area contributed by atoms with E-state index in [9.17, 15) is 4.39 Å². The summed E-state index contributed by atoms with van der Waals surface area (Å²) in [6.07, 6.45) is 0.774. The van der Waals surface area contributed by atoms with Gasteiger partial charge in [0, 0.05) is 16.9 Å². The molecule has 1 aromatic carbocycles. The SMILES string of the molecule is CC(C)(N)c1nc2c(s1)Cc1cc(F)ccc1-2. The van der Waals surface area contributed by atoms with E-state index in [0.29, 0.717) is 0 Å². The van der Waals surface area contributed by atoms with Crippen molar-refractivity contribution < 1.29 is 4.39 Å². The molecule has 0 atom stereocenters. The molecule has 1 aliphatic rings. The fourth-order valence-electron chi connectivity index (χ4n) is 2.07. The molecule has 1 aliphatic carbocycles. The number of aromatic nitrogens is 1. The van der Waals surface area contributed by atoms with Crippen LogP contribution >= 0.6 is 11.3 Å². The minimum atomic E-state index is -0.408. The molecule has 2 aromatic rings. The van der Waals surface area contributed by atoms with Crippen molar-refractivity contribution in [2.24, 2.45) is 5.73 Å². The van der Waals surface area contributed by atoms with Gasteiger partial charge in [0.2, 0.25) is 0 Å². The van der Waals surface area contributed by atoms with Gasteiger partial charge in [-0.25, -0.2) is 9.37 Å². The van der Waals surface area contributed by atoms with E-state index in [1.54, 1.807) is 17.4 Å². The van der Waals surface area contributed by atoms with E-state index in [0.717, 1.165) is 28.2 Å². The average Bonchev–Trinajstić information content (AvgIpc) is 2.72. The number of halogens is 1. The molecule has 0 radical (unpaired) electrons. The Kier molecular flexibility index (Phi) is 2.15. The van der Waals surface area contributed by atoms with Crippen LogP contribution in [0.2, 0.25) is 0 Å². The van der Waals surface area contributed by atoms with E-state index in [-0.39, 0.29) is 5.82 Å². The van der Waals surface area contributed by atoms with Crippen molar-refractivity contribution in [2.75, 3.05) is 0 Å². The summed E-state index contributed by atoms with van der Waals surface area (Å²) >= 11 is 1.63. The van der Waals surface area contributed by atoms with Crippen molar-refractivity contribution in [2.45, 2.75) is 25.8 Å². The minimum Gasteiger partial charge on any atom is -0.320 e. The third-order valence-electron chi connectivity index (χ3n) is 2.92. The second-order valence-corrected chi connectivity index (χ2v) is 6.07. The molecule has 0 saturated carbocycles. The van der Waals surface area contributed by atoms with Crippen LogP contribution < -0.4 is 5.73 Å². The normalized spacial score (nSPS) is 13.6. The van der Waals surface area contributed by atoms with Gasteiger partial charge in [-0.2, -0.15) is 0 Å². The number of hydrogen-bond donors (Lipinski definition) is 1. The van der Waals surface area contributed by atoms with Crippen LogP contribution in [-0.4, -0.2) is 4.98 Å². The van der Waals surface area contributed by atoms with Crippen molar-refractivity contribution in [1.82, 2.24) is 4.98 Å². The molecule has 1 aromatic heterocycles. The Morgan fingerprint density at radius 2 is 2.18 bits per heavy atom. The molecule has 2 nitrogen and oxygen atoms in total. The Hall–Kier alpha value is -1.26. The summed E-state index contributed by atoms with van der Waals surface area (Å²) in [7, 11) is 0. The lowest BCUT2D eigenvalue weighted by Gasteiger charge is -2.14. The van der Waals surface area contributed by atoms with Crippen molar-refractivity contribution >= 4 is 11.3 Å². The first-order valence-electron chi connectivity index (χ1n) is 5.53. The fourth-order valence-corrected chi connectivity index (χ4v) is 3.18. The number of nitrogens with two attached hydrogens (primary N) is 1. The molecule has 2 N–H and O–H groups in total. The van der Waals surface area contributed by atoms with E-state index in [1.165, 1.54) is 10.9 Å². The zero-order valence-electron chi connectivity index (χ0n) is 9.75. The van der Waals surface area contributed by atoms with Gasteiger partial charge < -0.3 is 5.73 Å². The highest BCUT2D eigenvalue weighted by Crippen LogP contribution is 2.41. The van der Waals surface area contributed by atoms with Gasteiger partial charge in [-0.05, 0) is 37.6 Å². The standard InChI is InChI=1S/C13H13FN2S/c1-13(2,15)12-16-11-9-4-3-8(14)5-7(9)6-10(11)17-12/h3-5H,6,15H2,1-2H3. The van der Waals surface area contributed by atoms with E-state index in [2.05, 4.69) is 4.98 Å². The molecule has 0 bridgehead atoms. The maximum atomic E-state index is 13.1. The number of nitrogens with zero attached hydrogens (tertiary/aromatic N) is 1. The molecular weight excluding hydrogens is 235 g/mol. The van der Waals surface area contributed by atoms with E-state index in [4.69, 9.17) is 5.73 Å². The topological polar surface area (TPSA) is 38.9 Å². The summed E-state index contributed by atoms with van der Waals surface area (Å²) in [5.41, 5.74) is 8.70. The number of fused-ring (bicyclic) bond motifs is 3. The molecule has 88 valence electrons. The number of hydrogen-bond acceptors (Lipinski definition) is 3. The molecule has 3 rings (SSSR count). The predicted molar refractivity (Wildman–Crippen MR) is 67.5 cm³/mol. The van der Waals surface area contributed by atoms with Gasteiger partial charge in [0.1, 0.15) is 10.8 Å². The van der Waals surface area contributed by atoms with Crippen LogP contribution in [0, 0.1) is 5.82 Å². The van der Waals surface area contributed by atoms with Crippen LogP contribution in [0.4, 0.5) is 4.39 Å². The second kappa shape index (κ2) is 3.37. The summed E-state index contributed by atoms with van der Waals surface area (Å²) in [4.78, 5) is 5.80. The summed E-state index contributed by atoms with van der Waals surface area (Å²) in [5, 5.41) is 0.942. The van der Waals surface area contributed by atoms with Crippen LogP contribution in [0.1, 0.15) is 29.3 Å². The van der Waals surface area contributed by atoms with Crippen LogP contribution in [0.5, 0.6) is 0 Å². The van der Waals surface area contributed by atoms with Crippen molar-refractivity contribution in [3.8, 4) is 11.3 Å². The Labute approximate surface area is 103 Å². The molecule has 0 saturated heterocycles. The van der Waals surface area contributed by atoms with Gasteiger partial charge >= 0.3 is 0 Å². The van der Waals surface area contributed by atoms with E-state index in [1.807, 2.05) is 19.9 Å². The highest BCUT2D eigenvalue weighted by Gasteiger charge is 2.27. The Morgan fingerprint density at radius 1 is 1.41 bits per heavy atom. The number of thiazole rings is 1. The lowest BCUT2D eigenvalue weighted by Crippen LogP contribution is -2.28. The Morgan fingerprint density at radius 3 is 2.88 bits per heavy atom. The first kappa shape index (κ1) is 10.9. The van der Waals surface area contributed by atoms with Gasteiger partial charge in [-0.1, -0.05) is 0 Å². The first-order valence-corrected chi connectivity index (χ1v) is 6.34. The fraction of sp³-hybridized carbons (Fsp3) is 0.308. The predicted octanol–water partition coefficient (Wildman–Crippen LogP) is 3.05. The third kappa shape index (κ3) is 1.68. The molecular formula is C13H13FN2S. The summed E-state index contributed by atoms with van der Waals surface area (Å²) in [6.45, 7) is 3.90. The molecule has 4 heteroatoms. The molecule has 0 aliphatic heterocycles. The minimum absolute atomic E-state index is 0.182. The monoisotopic (exact) mass is 248 g/mol. The van der Waals surface area contributed by atoms with Gasteiger partial charge in [0.25, 0.3) is 0 Å². The maximum Gasteiger partial charge on any atom is 0.123 e. The van der Waals surface area contributed by atoms with Crippen LogP contribution in [0.25, 0.3) is 11.3 Å². The summed E-state index contributed by atoms with van der Waals surface area (Å²) < 4.78 is 13.1. The molecule has 0 unspecified atom stereocenters. The zero-order chi connectivity index (χ0) is 12.2. The summed E-state index contributed by atoms with van der Waals surface area (Å²) in [5.74, 6) is -0.182. The highest BCUT2D eigenvalue weighted by atomic mass is 32.1. The molecule has 1 heterocycles.